The van der Waals surface area contributed by atoms with Crippen LogP contribution in [0.5, 0.6) is 0 Å². The van der Waals surface area contributed by atoms with Gasteiger partial charge in [0.15, 0.2) is 5.82 Å². The summed E-state index contributed by atoms with van der Waals surface area (Å²) in [7, 11) is 0. The predicted molar refractivity (Wildman–Crippen MR) is 212 cm³/mol. The maximum Gasteiger partial charge on any atom is 0.337 e. The molecule has 2 fully saturated rings. The van der Waals surface area contributed by atoms with Crippen LogP contribution in [0, 0.1) is 19.7 Å². The van der Waals surface area contributed by atoms with Crippen LogP contribution in [0.2, 0.25) is 0 Å². The number of aromatic carboxylic acids is 2. The van der Waals surface area contributed by atoms with Crippen LogP contribution in [-0.4, -0.2) is 49.1 Å². The summed E-state index contributed by atoms with van der Waals surface area (Å²) >= 11 is 0. The summed E-state index contributed by atoms with van der Waals surface area (Å²) in [5, 5.41) is 28.1. The number of amides is 1. The fourth-order valence-corrected chi connectivity index (χ4v) is 6.20. The van der Waals surface area contributed by atoms with Crippen LogP contribution in [0.25, 0.3) is 22.6 Å². The second-order valence-electron chi connectivity index (χ2n) is 14.0. The Morgan fingerprint density at radius 1 is 0.696 bits per heavy atom. The van der Waals surface area contributed by atoms with Crippen molar-refractivity contribution < 1.29 is 29.0 Å². The highest BCUT2D eigenvalue weighted by atomic mass is 19.1. The molecule has 0 radical (unpaired) electrons. The van der Waals surface area contributed by atoms with Gasteiger partial charge in [0.05, 0.1) is 63.7 Å². The fraction of sp³-hybridized carbons (Fsp3) is 0.182. The van der Waals surface area contributed by atoms with Gasteiger partial charge >= 0.3 is 11.9 Å². The summed E-state index contributed by atoms with van der Waals surface area (Å²) in [5.41, 5.74) is 8.09. The van der Waals surface area contributed by atoms with E-state index in [2.05, 4.69) is 30.9 Å². The van der Waals surface area contributed by atoms with Crippen LogP contribution in [0.1, 0.15) is 79.4 Å². The molecule has 2 aliphatic carbocycles. The Morgan fingerprint density at radius 2 is 1.36 bits per heavy atom. The van der Waals surface area contributed by atoms with Crippen molar-refractivity contribution >= 4 is 40.6 Å². The summed E-state index contributed by atoms with van der Waals surface area (Å²) in [4.78, 5) is 48.4. The lowest BCUT2D eigenvalue weighted by Gasteiger charge is -2.13. The highest BCUT2D eigenvalue weighted by Gasteiger charge is 2.26. The fourth-order valence-electron chi connectivity index (χ4n) is 6.20. The van der Waals surface area contributed by atoms with Crippen LogP contribution in [0.4, 0.5) is 27.1 Å². The number of aromatic nitrogens is 3. The van der Waals surface area contributed by atoms with Crippen molar-refractivity contribution in [3.05, 3.63) is 149 Å². The molecule has 2 heterocycles. The highest BCUT2D eigenvalue weighted by molar-refractivity contribution is 5.97. The third-order valence-electron chi connectivity index (χ3n) is 9.44. The van der Waals surface area contributed by atoms with E-state index >= 15 is 0 Å². The number of halogens is 1. The number of rotatable bonds is 11. The molecule has 282 valence electrons. The Bertz CT molecular complexity index is 2450. The van der Waals surface area contributed by atoms with Gasteiger partial charge in [-0.25, -0.2) is 23.9 Å². The molecule has 1 amide bonds. The van der Waals surface area contributed by atoms with Crippen LogP contribution in [0.15, 0.2) is 110 Å². The number of nitrogens with one attached hydrogen (secondary N) is 3. The second-order valence-corrected chi connectivity index (χ2v) is 14.0. The van der Waals surface area contributed by atoms with Gasteiger partial charge in [0.2, 0.25) is 0 Å². The van der Waals surface area contributed by atoms with Crippen LogP contribution < -0.4 is 16.0 Å². The normalized spacial score (nSPS) is 13.2. The minimum atomic E-state index is -0.987. The summed E-state index contributed by atoms with van der Waals surface area (Å²) < 4.78 is 13.8. The van der Waals surface area contributed by atoms with Crippen molar-refractivity contribution in [1.29, 1.82) is 0 Å². The van der Waals surface area contributed by atoms with E-state index in [-0.39, 0.29) is 22.9 Å². The first-order chi connectivity index (χ1) is 27.0. The summed E-state index contributed by atoms with van der Waals surface area (Å²) in [6.07, 6.45) is 9.00. The van der Waals surface area contributed by atoms with Gasteiger partial charge in [0.25, 0.3) is 5.91 Å². The number of hydrogen-bond acceptors (Lipinski definition) is 8. The average Bonchev–Trinajstić information content (AvgIpc) is 4.13. The Kier molecular flexibility index (Phi) is 10.8. The zero-order chi connectivity index (χ0) is 39.3. The van der Waals surface area contributed by atoms with Gasteiger partial charge in [0.1, 0.15) is 5.82 Å². The molecule has 6 aromatic rings. The van der Waals surface area contributed by atoms with Crippen molar-refractivity contribution in [2.24, 2.45) is 0 Å². The molecular weight excluding hydrogens is 712 g/mol. The van der Waals surface area contributed by atoms with Crippen molar-refractivity contribution in [2.45, 2.75) is 51.5 Å². The first-order valence-electron chi connectivity index (χ1n) is 18.2. The van der Waals surface area contributed by atoms with Gasteiger partial charge in [-0.2, -0.15) is 0 Å². The molecule has 2 aromatic heterocycles. The predicted octanol–water partition coefficient (Wildman–Crippen LogP) is 9.30. The summed E-state index contributed by atoms with van der Waals surface area (Å²) in [5.74, 6) is -1.67. The molecule has 2 aliphatic rings. The molecule has 12 heteroatoms. The first kappa shape index (κ1) is 37.4. The van der Waals surface area contributed by atoms with Crippen LogP contribution in [-0.2, 0) is 0 Å². The quantitative estimate of drug-likeness (QED) is 0.0861. The minimum absolute atomic E-state index is 0.0594. The van der Waals surface area contributed by atoms with E-state index in [1.165, 1.54) is 18.5 Å². The maximum absolute atomic E-state index is 13.8. The average molecular weight is 751 g/mol. The molecule has 0 bridgehead atoms. The molecule has 0 atom stereocenters. The Hall–Kier alpha value is -6.95. The molecule has 56 heavy (non-hydrogen) atoms. The molecule has 8 rings (SSSR count). The number of carbonyl (C=O) groups excluding carboxylic acids is 1. The second kappa shape index (κ2) is 16.2. The number of nitrogens with zero attached hydrogens (tertiary/aromatic N) is 3. The highest BCUT2D eigenvalue weighted by Crippen LogP contribution is 2.41. The van der Waals surface area contributed by atoms with Crippen molar-refractivity contribution in [3.63, 3.8) is 0 Å². The van der Waals surface area contributed by atoms with Crippen molar-refractivity contribution in [1.82, 2.24) is 20.3 Å². The van der Waals surface area contributed by atoms with Gasteiger partial charge in [-0.15, -0.1) is 0 Å². The largest absolute Gasteiger partial charge is 0.478 e. The smallest absolute Gasteiger partial charge is 0.337 e. The number of hydrogen-bond donors (Lipinski definition) is 5. The van der Waals surface area contributed by atoms with E-state index in [0.717, 1.165) is 53.6 Å². The molecule has 5 N–H and O–H groups in total. The lowest BCUT2D eigenvalue weighted by molar-refractivity contribution is 0.0687. The SMILES string of the molecule is Cc1ccc(Nc2cnc(-c3cccc(C(=O)NC4CC4)c3)c(C)c2)c(C(=O)O)c1.O=C(O)c1cc(C2CC2)ccc1Nc1cnc(-c2ccccc2F)nc1. The van der Waals surface area contributed by atoms with Crippen molar-refractivity contribution in [3.8, 4) is 22.6 Å². The molecule has 0 saturated heterocycles. The molecule has 0 aliphatic heterocycles. The van der Waals surface area contributed by atoms with Gasteiger partial charge in [-0.05, 0) is 111 Å². The Labute approximate surface area is 322 Å². The number of aryl methyl sites for hydroxylation is 2. The summed E-state index contributed by atoms with van der Waals surface area (Å²) in [6.45, 7) is 3.80. The molecule has 0 spiro atoms. The zero-order valence-corrected chi connectivity index (χ0v) is 30.7. The maximum atomic E-state index is 13.8. The van der Waals surface area contributed by atoms with E-state index in [0.29, 0.717) is 45.8 Å². The number of pyridine rings is 1. The zero-order valence-electron chi connectivity index (χ0n) is 30.7. The topological polar surface area (TPSA) is 166 Å². The van der Waals surface area contributed by atoms with Gasteiger partial charge in [0, 0.05) is 17.2 Å². The molecule has 11 nitrogen and oxygen atoms in total. The van der Waals surface area contributed by atoms with Crippen molar-refractivity contribution in [2.75, 3.05) is 10.6 Å². The van der Waals surface area contributed by atoms with Gasteiger partial charge in [-0.1, -0.05) is 42.0 Å². The molecule has 2 saturated carbocycles. The third-order valence-corrected chi connectivity index (χ3v) is 9.44. The van der Waals surface area contributed by atoms with Crippen LogP contribution >= 0.6 is 0 Å². The first-order valence-corrected chi connectivity index (χ1v) is 18.2. The monoisotopic (exact) mass is 750 g/mol. The summed E-state index contributed by atoms with van der Waals surface area (Å²) in [6, 6.07) is 26.6. The number of carboxylic acid groups (broad SMARTS) is 2. The standard InChI is InChI=1S/C24H23N3O3.C20H16FN3O2/c1-14-6-9-21(20(10-14)24(29)30)26-19-11-15(2)22(25-13-19)16-4-3-5-17(12-16)23(28)27-18-7-8-18;21-17-4-2-1-3-15(17)19-22-10-14(11-23-19)24-18-8-7-13(12-5-6-12)9-16(18)20(25)26/h3-6,9-13,18,26H,7-8H2,1-2H3,(H,27,28)(H,29,30);1-4,7-12,24H,5-6H2,(H,25,26). The molecule has 4 aromatic carbocycles. The number of benzene rings is 4. The Balaban J connectivity index is 0.000000173. The lowest BCUT2D eigenvalue weighted by atomic mass is 10.0. The van der Waals surface area contributed by atoms with E-state index in [1.54, 1.807) is 54.7 Å². The van der Waals surface area contributed by atoms with E-state index < -0.39 is 17.8 Å². The minimum Gasteiger partial charge on any atom is -0.478 e. The van der Waals surface area contributed by atoms with E-state index in [1.807, 2.05) is 50.2 Å². The Morgan fingerprint density at radius 3 is 2.02 bits per heavy atom. The van der Waals surface area contributed by atoms with E-state index in [9.17, 15) is 29.0 Å². The molecular formula is C44H39FN6O5. The molecule has 0 unspecified atom stereocenters. The van der Waals surface area contributed by atoms with Crippen LogP contribution in [0.3, 0.4) is 0 Å². The number of carbonyl (C=O) groups is 3. The van der Waals surface area contributed by atoms with E-state index in [4.69, 9.17) is 0 Å². The van der Waals surface area contributed by atoms with Gasteiger partial charge < -0.3 is 26.2 Å². The lowest BCUT2D eigenvalue weighted by Crippen LogP contribution is -2.25. The third kappa shape index (κ3) is 9.04. The number of anilines is 4. The van der Waals surface area contributed by atoms with Gasteiger partial charge in [-0.3, -0.25) is 9.78 Å². The number of carboxylic acids is 2.